The fourth-order valence-corrected chi connectivity index (χ4v) is 2.40. The van der Waals surface area contributed by atoms with E-state index in [1.807, 2.05) is 12.1 Å². The molecule has 0 radical (unpaired) electrons. The van der Waals surface area contributed by atoms with E-state index >= 15 is 0 Å². The van der Waals surface area contributed by atoms with Crippen LogP contribution in [-0.2, 0) is 13.1 Å². The van der Waals surface area contributed by atoms with E-state index in [-0.39, 0.29) is 5.82 Å². The maximum atomic E-state index is 14.0. The smallest absolute Gasteiger partial charge is 0.127 e. The Labute approximate surface area is 127 Å². The second-order valence-corrected chi connectivity index (χ2v) is 6.28. The van der Waals surface area contributed by atoms with Gasteiger partial charge in [-0.05, 0) is 30.4 Å². The lowest BCUT2D eigenvalue weighted by Crippen LogP contribution is -2.27. The summed E-state index contributed by atoms with van der Waals surface area (Å²) in [5.41, 5.74) is 1.86. The van der Waals surface area contributed by atoms with Crippen LogP contribution in [0.5, 0.6) is 0 Å². The van der Waals surface area contributed by atoms with E-state index in [4.69, 9.17) is 6.42 Å². The predicted octanol–water partition coefficient (Wildman–Crippen LogP) is 3.17. The SMILES string of the molecule is C#CCN(Cc1cc(CNC(C)C)ccc1F)CC1CC1. The Morgan fingerprint density at radius 3 is 2.81 bits per heavy atom. The van der Waals surface area contributed by atoms with Crippen LogP contribution in [0, 0.1) is 24.1 Å². The predicted molar refractivity (Wildman–Crippen MR) is 85.2 cm³/mol. The molecular weight excluding hydrogens is 263 g/mol. The monoisotopic (exact) mass is 288 g/mol. The maximum absolute atomic E-state index is 14.0. The molecule has 114 valence electrons. The Bertz CT molecular complexity index is 500. The van der Waals surface area contributed by atoms with Crippen molar-refractivity contribution in [1.82, 2.24) is 10.2 Å². The molecule has 1 fully saturated rings. The van der Waals surface area contributed by atoms with Gasteiger partial charge >= 0.3 is 0 Å². The molecular formula is C18H25FN2. The van der Waals surface area contributed by atoms with Gasteiger partial charge in [0, 0.05) is 31.2 Å². The number of rotatable bonds is 8. The van der Waals surface area contributed by atoms with Crippen LogP contribution in [0.15, 0.2) is 18.2 Å². The van der Waals surface area contributed by atoms with E-state index < -0.39 is 0 Å². The molecule has 0 unspecified atom stereocenters. The summed E-state index contributed by atoms with van der Waals surface area (Å²) in [7, 11) is 0. The van der Waals surface area contributed by atoms with E-state index in [1.54, 1.807) is 6.07 Å². The van der Waals surface area contributed by atoms with Crippen molar-refractivity contribution in [1.29, 1.82) is 0 Å². The highest BCUT2D eigenvalue weighted by molar-refractivity contribution is 5.25. The van der Waals surface area contributed by atoms with E-state index in [9.17, 15) is 4.39 Å². The molecule has 1 aromatic carbocycles. The highest BCUT2D eigenvalue weighted by Crippen LogP contribution is 2.30. The van der Waals surface area contributed by atoms with Crippen LogP contribution in [0.3, 0.4) is 0 Å². The van der Waals surface area contributed by atoms with Gasteiger partial charge in [-0.3, -0.25) is 4.90 Å². The quantitative estimate of drug-likeness (QED) is 0.739. The molecule has 21 heavy (non-hydrogen) atoms. The maximum Gasteiger partial charge on any atom is 0.127 e. The molecule has 0 aliphatic heterocycles. The lowest BCUT2D eigenvalue weighted by Gasteiger charge is -2.20. The highest BCUT2D eigenvalue weighted by atomic mass is 19.1. The van der Waals surface area contributed by atoms with Gasteiger partial charge in [0.25, 0.3) is 0 Å². The van der Waals surface area contributed by atoms with Gasteiger partial charge < -0.3 is 5.32 Å². The Kier molecular flexibility index (Phi) is 5.78. The minimum atomic E-state index is -0.138. The Hall–Kier alpha value is -1.37. The fraction of sp³-hybridized carbons (Fsp3) is 0.556. The second-order valence-electron chi connectivity index (χ2n) is 6.28. The molecule has 0 saturated heterocycles. The summed E-state index contributed by atoms with van der Waals surface area (Å²) < 4.78 is 14.0. The first-order valence-corrected chi connectivity index (χ1v) is 7.75. The molecule has 2 nitrogen and oxygen atoms in total. The molecule has 2 rings (SSSR count). The van der Waals surface area contributed by atoms with Crippen molar-refractivity contribution in [3.8, 4) is 12.3 Å². The van der Waals surface area contributed by atoms with Crippen molar-refractivity contribution in [3.05, 3.63) is 35.1 Å². The van der Waals surface area contributed by atoms with Crippen LogP contribution >= 0.6 is 0 Å². The Morgan fingerprint density at radius 2 is 2.19 bits per heavy atom. The van der Waals surface area contributed by atoms with E-state index in [0.29, 0.717) is 19.1 Å². The molecule has 1 aliphatic rings. The number of terminal acetylenes is 1. The number of nitrogens with zero attached hydrogens (tertiary/aromatic N) is 1. The van der Waals surface area contributed by atoms with E-state index in [0.717, 1.165) is 30.1 Å². The highest BCUT2D eigenvalue weighted by Gasteiger charge is 2.24. The largest absolute Gasteiger partial charge is 0.310 e. The standard InChI is InChI=1S/C18H25FN2/c1-4-9-21(12-15-5-6-15)13-17-10-16(7-8-18(17)19)11-20-14(2)3/h1,7-8,10,14-15,20H,5-6,9,11-13H2,2-3H3. The topological polar surface area (TPSA) is 15.3 Å². The molecule has 0 spiro atoms. The first-order chi connectivity index (χ1) is 10.1. The summed E-state index contributed by atoms with van der Waals surface area (Å²) in [5, 5.41) is 3.36. The summed E-state index contributed by atoms with van der Waals surface area (Å²) >= 11 is 0. The number of nitrogens with one attached hydrogen (secondary N) is 1. The minimum Gasteiger partial charge on any atom is -0.310 e. The number of hydrogen-bond donors (Lipinski definition) is 1. The zero-order valence-electron chi connectivity index (χ0n) is 13.0. The van der Waals surface area contributed by atoms with Crippen LogP contribution < -0.4 is 5.32 Å². The van der Waals surface area contributed by atoms with Crippen molar-refractivity contribution in [2.75, 3.05) is 13.1 Å². The summed E-state index contributed by atoms with van der Waals surface area (Å²) in [6, 6.07) is 5.80. The van der Waals surface area contributed by atoms with Crippen LogP contribution in [0.4, 0.5) is 4.39 Å². The second kappa shape index (κ2) is 7.59. The van der Waals surface area contributed by atoms with Gasteiger partial charge in [0.2, 0.25) is 0 Å². The van der Waals surface area contributed by atoms with E-state index in [1.165, 1.54) is 12.8 Å². The third kappa shape index (κ3) is 5.49. The molecule has 0 heterocycles. The van der Waals surface area contributed by atoms with Gasteiger partial charge in [-0.2, -0.15) is 0 Å². The first kappa shape index (κ1) is 16.0. The Morgan fingerprint density at radius 1 is 1.43 bits per heavy atom. The molecule has 1 saturated carbocycles. The summed E-state index contributed by atoms with van der Waals surface area (Å²) in [4.78, 5) is 2.18. The average Bonchev–Trinajstić information content (AvgIpc) is 3.23. The Balaban J connectivity index is 2.02. The average molecular weight is 288 g/mol. The van der Waals surface area contributed by atoms with Crippen LogP contribution in [0.1, 0.15) is 37.8 Å². The summed E-state index contributed by atoms with van der Waals surface area (Å²) in [6.45, 7) is 7.15. The molecule has 1 aliphatic carbocycles. The van der Waals surface area contributed by atoms with Gasteiger partial charge in [-0.25, -0.2) is 4.39 Å². The van der Waals surface area contributed by atoms with Gasteiger partial charge in [0.05, 0.1) is 6.54 Å². The van der Waals surface area contributed by atoms with Crippen molar-refractivity contribution in [2.24, 2.45) is 5.92 Å². The lowest BCUT2D eigenvalue weighted by atomic mass is 10.1. The molecule has 0 aromatic heterocycles. The number of halogens is 1. The molecule has 0 bridgehead atoms. The zero-order chi connectivity index (χ0) is 15.2. The molecule has 3 heteroatoms. The lowest BCUT2D eigenvalue weighted by molar-refractivity contribution is 0.282. The first-order valence-electron chi connectivity index (χ1n) is 7.75. The van der Waals surface area contributed by atoms with Gasteiger partial charge in [0.15, 0.2) is 0 Å². The van der Waals surface area contributed by atoms with Crippen LogP contribution in [0.25, 0.3) is 0 Å². The molecule has 0 atom stereocenters. The van der Waals surface area contributed by atoms with Gasteiger partial charge in [0.1, 0.15) is 5.82 Å². The van der Waals surface area contributed by atoms with Gasteiger partial charge in [-0.15, -0.1) is 6.42 Å². The number of hydrogen-bond acceptors (Lipinski definition) is 2. The summed E-state index contributed by atoms with van der Waals surface area (Å²) in [6.07, 6.45) is 7.99. The molecule has 1 N–H and O–H groups in total. The van der Waals surface area contributed by atoms with Crippen LogP contribution in [0.2, 0.25) is 0 Å². The van der Waals surface area contributed by atoms with Gasteiger partial charge in [-0.1, -0.05) is 31.9 Å². The van der Waals surface area contributed by atoms with Crippen molar-refractivity contribution in [3.63, 3.8) is 0 Å². The third-order valence-corrected chi connectivity index (χ3v) is 3.75. The van der Waals surface area contributed by atoms with Crippen molar-refractivity contribution < 1.29 is 4.39 Å². The van der Waals surface area contributed by atoms with Crippen molar-refractivity contribution >= 4 is 0 Å². The van der Waals surface area contributed by atoms with Crippen molar-refractivity contribution in [2.45, 2.75) is 45.8 Å². The fourth-order valence-electron chi connectivity index (χ4n) is 2.40. The molecule has 0 amide bonds. The number of benzene rings is 1. The zero-order valence-corrected chi connectivity index (χ0v) is 13.0. The minimum absolute atomic E-state index is 0.138. The molecule has 1 aromatic rings. The normalized spacial score (nSPS) is 14.7. The van der Waals surface area contributed by atoms with Crippen LogP contribution in [-0.4, -0.2) is 24.0 Å². The summed E-state index contributed by atoms with van der Waals surface area (Å²) in [5.74, 6) is 3.31. The van der Waals surface area contributed by atoms with E-state index in [2.05, 4.69) is 30.0 Å². The third-order valence-electron chi connectivity index (χ3n) is 3.75.